The average molecular weight is 1150 g/mol. The Morgan fingerprint density at radius 2 is 0.500 bits per heavy atom. The molecule has 2 heterocycles. The Morgan fingerprint density at radius 1 is 0.189 bits per heavy atom. The Hall–Kier alpha value is -12.0. The van der Waals surface area contributed by atoms with Gasteiger partial charge in [-0.15, -0.1) is 0 Å². The van der Waals surface area contributed by atoms with Gasteiger partial charge in [-0.1, -0.05) is 218 Å². The first-order chi connectivity index (χ1) is 44.6. The van der Waals surface area contributed by atoms with Gasteiger partial charge >= 0.3 is 0 Å². The predicted octanol–water partition coefficient (Wildman–Crippen LogP) is 24.9. The zero-order chi connectivity index (χ0) is 59.2. The van der Waals surface area contributed by atoms with Crippen LogP contribution in [0.25, 0.3) is 142 Å². The monoisotopic (exact) mass is 1150 g/mol. The van der Waals surface area contributed by atoms with Crippen LogP contribution in [-0.4, -0.2) is 0 Å². The van der Waals surface area contributed by atoms with Crippen molar-refractivity contribution in [3.63, 3.8) is 0 Å². The van der Waals surface area contributed by atoms with Gasteiger partial charge in [-0.3, -0.25) is 0 Å². The number of furan rings is 2. The second-order valence-corrected chi connectivity index (χ2v) is 23.5. The largest absolute Gasteiger partial charge is 0.455 e. The number of hydrogen-bond acceptors (Lipinski definition) is 4. The lowest BCUT2D eigenvalue weighted by atomic mass is 9.87. The maximum atomic E-state index is 7.60. The van der Waals surface area contributed by atoms with Gasteiger partial charge in [0.2, 0.25) is 0 Å². The lowest BCUT2D eigenvalue weighted by molar-refractivity contribution is 0.669. The number of rotatable bonds is 10. The second-order valence-electron chi connectivity index (χ2n) is 23.5. The molecule has 420 valence electrons. The molecule has 0 saturated heterocycles. The smallest absolute Gasteiger partial charge is 0.143 e. The molecule has 0 bridgehead atoms. The van der Waals surface area contributed by atoms with Crippen LogP contribution in [0.4, 0.5) is 34.1 Å². The van der Waals surface area contributed by atoms with Gasteiger partial charge in [0.1, 0.15) is 22.3 Å². The minimum atomic E-state index is 0.792. The van der Waals surface area contributed by atoms with E-state index in [0.29, 0.717) is 0 Å². The lowest BCUT2D eigenvalue weighted by Crippen LogP contribution is -2.09. The number of hydrogen-bond donors (Lipinski definition) is 0. The molecule has 0 atom stereocenters. The first kappa shape index (κ1) is 51.3. The third-order valence-corrected chi connectivity index (χ3v) is 18.4. The lowest BCUT2D eigenvalue weighted by Gasteiger charge is -2.25. The van der Waals surface area contributed by atoms with E-state index in [4.69, 9.17) is 8.83 Å². The predicted molar refractivity (Wildman–Crippen MR) is 380 cm³/mol. The summed E-state index contributed by atoms with van der Waals surface area (Å²) in [6.07, 6.45) is 0. The molecule has 0 saturated carbocycles. The van der Waals surface area contributed by atoms with E-state index in [1.807, 2.05) is 0 Å². The standard InChI is InChI=1S/C86H54N2O2/c1-5-21-55(22-6-1)57-37-41-63(42-38-57)87(61-27-9-3-10-28-61)65-45-47-73-81(51-65)89-85-79(75-49-59-25-13-15-31-67(59)69-33-17-19-35-71(69)75)54-78-77(83(73)85)53-80(76-50-60-26-14-16-32-68(60)70-34-18-20-36-72(70)76)86-84(78)74-48-46-66(52-82(74)90-86)88(62-29-11-4-12-30-62)64-43-39-58(40-44-64)56-23-7-2-8-24-56/h1-54H. The van der Waals surface area contributed by atoms with Gasteiger partial charge in [0.05, 0.1) is 0 Å². The molecule has 0 fully saturated rings. The molecule has 90 heavy (non-hydrogen) atoms. The molecule has 0 unspecified atom stereocenters. The van der Waals surface area contributed by atoms with Gasteiger partial charge in [-0.05, 0) is 184 Å². The summed E-state index contributed by atoms with van der Waals surface area (Å²) in [7, 11) is 0. The zero-order valence-corrected chi connectivity index (χ0v) is 48.9. The first-order valence-electron chi connectivity index (χ1n) is 30.8. The number of anilines is 6. The van der Waals surface area contributed by atoms with Crippen LogP contribution in [0.15, 0.2) is 336 Å². The number of para-hydroxylation sites is 2. The fourth-order valence-electron chi connectivity index (χ4n) is 14.2. The van der Waals surface area contributed by atoms with Crippen LogP contribution in [0.3, 0.4) is 0 Å². The Kier molecular flexibility index (Phi) is 11.9. The maximum absolute atomic E-state index is 7.60. The van der Waals surface area contributed by atoms with E-state index in [9.17, 15) is 0 Å². The average Bonchev–Trinajstić information content (AvgIpc) is 1.52. The molecular weight excluding hydrogens is 1090 g/mol. The highest BCUT2D eigenvalue weighted by Gasteiger charge is 2.27. The van der Waals surface area contributed by atoms with Gasteiger partial charge in [0.15, 0.2) is 0 Å². The highest BCUT2D eigenvalue weighted by atomic mass is 16.3. The second kappa shape index (κ2) is 20.9. The van der Waals surface area contributed by atoms with Crippen molar-refractivity contribution in [1.82, 2.24) is 0 Å². The summed E-state index contributed by atoms with van der Waals surface area (Å²) in [4.78, 5) is 4.66. The van der Waals surface area contributed by atoms with E-state index < -0.39 is 0 Å². The summed E-state index contributed by atoms with van der Waals surface area (Å²) < 4.78 is 15.2. The molecule has 0 aliphatic carbocycles. The molecule has 0 N–H and O–H groups in total. The topological polar surface area (TPSA) is 32.8 Å². The van der Waals surface area contributed by atoms with Crippen LogP contribution < -0.4 is 9.80 Å². The molecule has 4 nitrogen and oxygen atoms in total. The van der Waals surface area contributed by atoms with Crippen LogP contribution in [0.1, 0.15) is 0 Å². The summed E-state index contributed by atoms with van der Waals surface area (Å²) in [6.45, 7) is 0. The number of benzene rings is 16. The van der Waals surface area contributed by atoms with Crippen molar-refractivity contribution >= 4 is 132 Å². The fourth-order valence-corrected chi connectivity index (χ4v) is 14.2. The molecule has 18 rings (SSSR count). The van der Waals surface area contributed by atoms with Crippen LogP contribution in [0.5, 0.6) is 0 Å². The highest BCUT2D eigenvalue weighted by Crippen LogP contribution is 2.52. The molecule has 0 aliphatic rings. The number of nitrogens with zero attached hydrogens (tertiary/aromatic N) is 2. The summed E-state index contributed by atoms with van der Waals surface area (Å²) in [5.41, 5.74) is 18.3. The van der Waals surface area contributed by atoms with Crippen molar-refractivity contribution in [3.8, 4) is 44.5 Å². The Balaban J connectivity index is 0.933. The molecule has 18 aromatic rings. The van der Waals surface area contributed by atoms with E-state index in [1.165, 1.54) is 32.7 Å². The zero-order valence-electron chi connectivity index (χ0n) is 48.9. The van der Waals surface area contributed by atoms with Crippen molar-refractivity contribution in [1.29, 1.82) is 0 Å². The van der Waals surface area contributed by atoms with Gasteiger partial charge in [-0.25, -0.2) is 0 Å². The third-order valence-electron chi connectivity index (χ3n) is 18.4. The molecule has 0 spiro atoms. The van der Waals surface area contributed by atoms with E-state index in [0.717, 1.165) is 144 Å². The van der Waals surface area contributed by atoms with E-state index in [-0.39, 0.29) is 0 Å². The third kappa shape index (κ3) is 8.38. The van der Waals surface area contributed by atoms with E-state index in [1.54, 1.807) is 0 Å². The fraction of sp³-hybridized carbons (Fsp3) is 0. The summed E-state index contributed by atoms with van der Waals surface area (Å²) >= 11 is 0. The SMILES string of the molecule is c1ccc(-c2ccc(N(c3ccccc3)c3ccc4c(c3)oc3c(-c5cc6ccccc6c6ccccc56)cc5c(cc(-c6cc7ccccc7c7ccccc67)c6oc7cc(N(c8ccccc8)c8ccc(-c9ccccc9)cc8)ccc7c65)c34)cc2)cc1. The van der Waals surface area contributed by atoms with Crippen LogP contribution in [0.2, 0.25) is 0 Å². The minimum absolute atomic E-state index is 0.792. The molecule has 0 aliphatic heterocycles. The molecule has 2 aromatic heterocycles. The maximum Gasteiger partial charge on any atom is 0.143 e. The first-order valence-corrected chi connectivity index (χ1v) is 30.8. The van der Waals surface area contributed by atoms with E-state index in [2.05, 4.69) is 337 Å². The van der Waals surface area contributed by atoms with E-state index >= 15 is 0 Å². The van der Waals surface area contributed by atoms with Crippen LogP contribution in [0, 0.1) is 0 Å². The summed E-state index contributed by atoms with van der Waals surface area (Å²) in [6, 6.07) is 118. The van der Waals surface area contributed by atoms with Gasteiger partial charge in [0.25, 0.3) is 0 Å². The molecule has 16 aromatic carbocycles. The van der Waals surface area contributed by atoms with Crippen molar-refractivity contribution in [2.75, 3.05) is 9.80 Å². The van der Waals surface area contributed by atoms with Gasteiger partial charge in [0, 0.05) is 78.9 Å². The van der Waals surface area contributed by atoms with Crippen LogP contribution >= 0.6 is 0 Å². The molecule has 0 amide bonds. The molecule has 0 radical (unpaired) electrons. The highest BCUT2D eigenvalue weighted by molar-refractivity contribution is 6.34. The number of fused-ring (bicyclic) bond motifs is 15. The van der Waals surface area contributed by atoms with Gasteiger partial charge in [-0.2, -0.15) is 0 Å². The normalized spacial score (nSPS) is 11.8. The Labute approximate surface area is 519 Å². The van der Waals surface area contributed by atoms with Crippen molar-refractivity contribution in [2.45, 2.75) is 0 Å². The summed E-state index contributed by atoms with van der Waals surface area (Å²) in [5, 5.41) is 15.8. The Morgan fingerprint density at radius 3 is 0.900 bits per heavy atom. The quantitative estimate of drug-likeness (QED) is 0.128. The van der Waals surface area contributed by atoms with Crippen molar-refractivity contribution < 1.29 is 8.83 Å². The molecule has 4 heteroatoms. The van der Waals surface area contributed by atoms with Crippen molar-refractivity contribution in [2.24, 2.45) is 0 Å². The van der Waals surface area contributed by atoms with Crippen LogP contribution in [-0.2, 0) is 0 Å². The van der Waals surface area contributed by atoms with Gasteiger partial charge < -0.3 is 18.6 Å². The van der Waals surface area contributed by atoms with Crippen molar-refractivity contribution in [3.05, 3.63) is 328 Å². The Bertz CT molecular complexity index is 5450. The minimum Gasteiger partial charge on any atom is -0.455 e. The molecular formula is C86H54N2O2. The summed E-state index contributed by atoms with van der Waals surface area (Å²) in [5.74, 6) is 0.